The van der Waals surface area contributed by atoms with E-state index in [-0.39, 0.29) is 11.9 Å². The molecule has 2 aromatic carbocycles. The molecule has 1 saturated heterocycles. The number of nitrogens with one attached hydrogen (secondary N) is 1. The Bertz CT molecular complexity index is 1010. The SMILES string of the molecule is Cc1ccc2c(C)c(C(=O)NC[C@H](c3ccccc3Cl)N3CCCC3)oc2c1. The monoisotopic (exact) mass is 396 g/mol. The average Bonchev–Trinajstić information content (AvgIpc) is 3.31. The fourth-order valence-electron chi connectivity index (χ4n) is 4.05. The van der Waals surface area contributed by atoms with Gasteiger partial charge < -0.3 is 9.73 Å². The summed E-state index contributed by atoms with van der Waals surface area (Å²) in [7, 11) is 0. The first kappa shape index (κ1) is 19.0. The van der Waals surface area contributed by atoms with Crippen molar-refractivity contribution in [1.29, 1.82) is 0 Å². The Morgan fingerprint density at radius 1 is 1.18 bits per heavy atom. The van der Waals surface area contributed by atoms with Gasteiger partial charge in [0.2, 0.25) is 0 Å². The van der Waals surface area contributed by atoms with Crippen molar-refractivity contribution in [1.82, 2.24) is 10.2 Å². The summed E-state index contributed by atoms with van der Waals surface area (Å²) < 4.78 is 5.88. The lowest BCUT2D eigenvalue weighted by atomic mass is 10.1. The number of nitrogens with zero attached hydrogens (tertiary/aromatic N) is 1. The van der Waals surface area contributed by atoms with E-state index in [0.717, 1.165) is 45.8 Å². The van der Waals surface area contributed by atoms with Crippen LogP contribution in [0.2, 0.25) is 5.02 Å². The Kier molecular flexibility index (Phi) is 5.42. The number of fused-ring (bicyclic) bond motifs is 1. The van der Waals surface area contributed by atoms with Gasteiger partial charge in [-0.1, -0.05) is 41.9 Å². The van der Waals surface area contributed by atoms with E-state index in [0.29, 0.717) is 12.3 Å². The van der Waals surface area contributed by atoms with Crippen LogP contribution in [0.5, 0.6) is 0 Å². The molecule has 0 bridgehead atoms. The molecule has 4 nitrogen and oxygen atoms in total. The maximum Gasteiger partial charge on any atom is 0.287 e. The van der Waals surface area contributed by atoms with Gasteiger partial charge >= 0.3 is 0 Å². The molecule has 0 radical (unpaired) electrons. The highest BCUT2D eigenvalue weighted by atomic mass is 35.5. The number of rotatable bonds is 5. The van der Waals surface area contributed by atoms with Crippen LogP contribution in [0.3, 0.4) is 0 Å². The average molecular weight is 397 g/mol. The van der Waals surface area contributed by atoms with E-state index in [1.165, 1.54) is 12.8 Å². The Morgan fingerprint density at radius 2 is 1.93 bits per heavy atom. The number of benzene rings is 2. The lowest BCUT2D eigenvalue weighted by Gasteiger charge is -2.28. The minimum absolute atomic E-state index is 0.0621. The van der Waals surface area contributed by atoms with Crippen molar-refractivity contribution in [3.05, 3.63) is 69.9 Å². The first-order valence-electron chi connectivity index (χ1n) is 9.81. The molecule has 5 heteroatoms. The van der Waals surface area contributed by atoms with Gasteiger partial charge in [-0.2, -0.15) is 0 Å². The molecule has 0 spiro atoms. The van der Waals surface area contributed by atoms with Crippen LogP contribution in [0.15, 0.2) is 46.9 Å². The summed E-state index contributed by atoms with van der Waals surface area (Å²) in [6.45, 7) is 6.49. The van der Waals surface area contributed by atoms with Crippen molar-refractivity contribution in [3.8, 4) is 0 Å². The smallest absolute Gasteiger partial charge is 0.287 e. The molecule has 4 rings (SSSR count). The minimum Gasteiger partial charge on any atom is -0.451 e. The number of likely N-dealkylation sites (tertiary alicyclic amines) is 1. The van der Waals surface area contributed by atoms with E-state index in [9.17, 15) is 4.79 Å². The largest absolute Gasteiger partial charge is 0.451 e. The normalized spacial score (nSPS) is 15.8. The zero-order valence-electron chi connectivity index (χ0n) is 16.3. The van der Waals surface area contributed by atoms with Gasteiger partial charge in [0.25, 0.3) is 5.91 Å². The third kappa shape index (κ3) is 3.67. The molecule has 2 heterocycles. The lowest BCUT2D eigenvalue weighted by molar-refractivity contribution is 0.0911. The lowest BCUT2D eigenvalue weighted by Crippen LogP contribution is -2.37. The quantitative estimate of drug-likeness (QED) is 0.639. The molecule has 1 amide bonds. The molecular formula is C23H25ClN2O2. The Balaban J connectivity index is 1.56. The number of hydrogen-bond acceptors (Lipinski definition) is 3. The van der Waals surface area contributed by atoms with E-state index < -0.39 is 0 Å². The Morgan fingerprint density at radius 3 is 2.68 bits per heavy atom. The van der Waals surface area contributed by atoms with E-state index >= 15 is 0 Å². The molecule has 3 aromatic rings. The maximum absolute atomic E-state index is 12.9. The van der Waals surface area contributed by atoms with E-state index in [1.807, 2.05) is 56.3 Å². The molecule has 1 aromatic heterocycles. The van der Waals surface area contributed by atoms with Gasteiger partial charge in [-0.25, -0.2) is 0 Å². The van der Waals surface area contributed by atoms with Crippen molar-refractivity contribution < 1.29 is 9.21 Å². The van der Waals surface area contributed by atoms with Gasteiger partial charge in [0.1, 0.15) is 5.58 Å². The van der Waals surface area contributed by atoms with E-state index in [2.05, 4.69) is 10.2 Å². The maximum atomic E-state index is 12.9. The first-order chi connectivity index (χ1) is 13.5. The highest BCUT2D eigenvalue weighted by molar-refractivity contribution is 6.31. The fourth-order valence-corrected chi connectivity index (χ4v) is 4.31. The highest BCUT2D eigenvalue weighted by Gasteiger charge is 2.26. The van der Waals surface area contributed by atoms with Gasteiger partial charge in [-0.05, 0) is 63.0 Å². The summed E-state index contributed by atoms with van der Waals surface area (Å²) in [6.07, 6.45) is 2.36. The van der Waals surface area contributed by atoms with Gasteiger partial charge in [0.05, 0.1) is 6.04 Å². The summed E-state index contributed by atoms with van der Waals surface area (Å²) in [5.74, 6) is 0.211. The molecule has 1 fully saturated rings. The van der Waals surface area contributed by atoms with Crippen molar-refractivity contribution >= 4 is 28.5 Å². The van der Waals surface area contributed by atoms with Crippen molar-refractivity contribution in [3.63, 3.8) is 0 Å². The number of halogens is 1. The number of furan rings is 1. The van der Waals surface area contributed by atoms with Gasteiger partial charge in [0.15, 0.2) is 5.76 Å². The van der Waals surface area contributed by atoms with E-state index in [1.54, 1.807) is 0 Å². The van der Waals surface area contributed by atoms with Crippen LogP contribution in [-0.4, -0.2) is 30.4 Å². The number of amides is 1. The molecule has 146 valence electrons. The second-order valence-electron chi connectivity index (χ2n) is 7.55. The third-order valence-electron chi connectivity index (χ3n) is 5.60. The molecule has 1 aliphatic rings. The van der Waals surface area contributed by atoms with Crippen LogP contribution in [0, 0.1) is 13.8 Å². The number of carbonyl (C=O) groups excluding carboxylic acids is 1. The predicted molar refractivity (Wildman–Crippen MR) is 113 cm³/mol. The Hall–Kier alpha value is -2.30. The predicted octanol–water partition coefficient (Wildman–Crippen LogP) is 5.27. The Labute approximate surface area is 170 Å². The molecule has 28 heavy (non-hydrogen) atoms. The van der Waals surface area contributed by atoms with Crippen LogP contribution in [-0.2, 0) is 0 Å². The highest BCUT2D eigenvalue weighted by Crippen LogP contribution is 2.30. The number of carbonyl (C=O) groups is 1. The second kappa shape index (κ2) is 7.98. The van der Waals surface area contributed by atoms with Crippen LogP contribution >= 0.6 is 11.6 Å². The van der Waals surface area contributed by atoms with Crippen LogP contribution in [0.1, 0.15) is 46.1 Å². The van der Waals surface area contributed by atoms with Gasteiger partial charge in [-0.15, -0.1) is 0 Å². The fraction of sp³-hybridized carbons (Fsp3) is 0.348. The summed E-state index contributed by atoms with van der Waals surface area (Å²) in [6, 6.07) is 14.0. The molecular weight excluding hydrogens is 372 g/mol. The number of hydrogen-bond donors (Lipinski definition) is 1. The zero-order valence-corrected chi connectivity index (χ0v) is 17.1. The summed E-state index contributed by atoms with van der Waals surface area (Å²) in [5, 5.41) is 4.81. The third-order valence-corrected chi connectivity index (χ3v) is 5.95. The summed E-state index contributed by atoms with van der Waals surface area (Å²) in [4.78, 5) is 15.3. The second-order valence-corrected chi connectivity index (χ2v) is 7.95. The molecule has 0 aliphatic carbocycles. The van der Waals surface area contributed by atoms with Crippen LogP contribution < -0.4 is 5.32 Å². The summed E-state index contributed by atoms with van der Waals surface area (Å²) >= 11 is 6.47. The molecule has 0 unspecified atom stereocenters. The first-order valence-corrected chi connectivity index (χ1v) is 10.2. The van der Waals surface area contributed by atoms with Gasteiger partial charge in [-0.3, -0.25) is 9.69 Å². The summed E-state index contributed by atoms with van der Waals surface area (Å²) in [5.41, 5.74) is 3.80. The molecule has 0 saturated carbocycles. The van der Waals surface area contributed by atoms with Crippen molar-refractivity contribution in [2.24, 2.45) is 0 Å². The minimum atomic E-state index is -0.178. The number of aryl methyl sites for hydroxylation is 2. The van der Waals surface area contributed by atoms with E-state index in [4.69, 9.17) is 16.0 Å². The molecule has 1 aliphatic heterocycles. The van der Waals surface area contributed by atoms with Crippen molar-refractivity contribution in [2.45, 2.75) is 32.7 Å². The van der Waals surface area contributed by atoms with Crippen molar-refractivity contribution in [2.75, 3.05) is 19.6 Å². The molecule has 1 N–H and O–H groups in total. The van der Waals surface area contributed by atoms with Gasteiger partial charge in [0, 0.05) is 22.5 Å². The standard InChI is InChI=1S/C23H25ClN2O2/c1-15-9-10-17-16(2)22(28-21(17)13-15)23(27)25-14-20(26-11-5-6-12-26)18-7-3-4-8-19(18)24/h3-4,7-10,13,20H,5-6,11-12,14H2,1-2H3,(H,25,27)/t20-/m1/s1. The van der Waals surface area contributed by atoms with Crippen LogP contribution in [0.4, 0.5) is 0 Å². The molecule has 1 atom stereocenters. The van der Waals surface area contributed by atoms with Crippen LogP contribution in [0.25, 0.3) is 11.0 Å². The topological polar surface area (TPSA) is 45.5 Å². The zero-order chi connectivity index (χ0) is 19.7.